The molecule has 3 fully saturated rings. The summed E-state index contributed by atoms with van der Waals surface area (Å²) in [5.41, 5.74) is -2.18. The summed E-state index contributed by atoms with van der Waals surface area (Å²) in [6, 6.07) is 5.67. The molecule has 3 saturated heterocycles. The molecule has 9 heteroatoms. The summed E-state index contributed by atoms with van der Waals surface area (Å²) in [4.78, 5) is 49.8. The van der Waals surface area contributed by atoms with Gasteiger partial charge in [-0.15, -0.1) is 13.2 Å². The van der Waals surface area contributed by atoms with Crippen LogP contribution >= 0.6 is 0 Å². The predicted molar refractivity (Wildman–Crippen MR) is 185 cm³/mol. The van der Waals surface area contributed by atoms with Gasteiger partial charge in [-0.3, -0.25) is 14.4 Å². The van der Waals surface area contributed by atoms with E-state index in [9.17, 15) is 14.7 Å². The zero-order valence-electron chi connectivity index (χ0n) is 30.0. The second-order valence-corrected chi connectivity index (χ2v) is 15.9. The normalized spacial score (nSPS) is 27.5. The first-order valence-electron chi connectivity index (χ1n) is 17.1. The Hall–Kier alpha value is -3.17. The van der Waals surface area contributed by atoms with E-state index in [0.717, 1.165) is 0 Å². The molecule has 2 bridgehead atoms. The molecule has 0 radical (unpaired) electrons. The fourth-order valence-corrected chi connectivity index (χ4v) is 8.81. The quantitative estimate of drug-likeness (QED) is 0.263. The van der Waals surface area contributed by atoms with E-state index in [2.05, 4.69) is 33.9 Å². The average Bonchev–Trinajstić information content (AvgIpc) is 3.54. The van der Waals surface area contributed by atoms with Gasteiger partial charge in [0.05, 0.1) is 36.7 Å². The fraction of sp³-hybridized carbons (Fsp3) is 0.658. The van der Waals surface area contributed by atoms with Crippen LogP contribution in [-0.2, 0) is 19.1 Å². The number of likely N-dealkylation sites (tertiary alicyclic amines) is 1. The Balaban J connectivity index is 1.85. The van der Waals surface area contributed by atoms with E-state index in [4.69, 9.17) is 9.47 Å². The first-order valence-corrected chi connectivity index (χ1v) is 17.1. The molecule has 47 heavy (non-hydrogen) atoms. The minimum atomic E-state index is -1.22. The number of ether oxygens (including phenoxy) is 2. The SMILES string of the molecule is C=CCN(C(=O)[C@H]1[C@H]2C(=O)N([C@@H](CO)C(C)C)C(C(=O)N(CC=C)C(C)(C)CC(C)(C)C)C23CC[C@]1(C)O3)c1ccc(OCC)cc1. The van der Waals surface area contributed by atoms with Crippen LogP contribution in [0.15, 0.2) is 49.6 Å². The van der Waals surface area contributed by atoms with E-state index in [1.165, 1.54) is 0 Å². The molecule has 0 aromatic heterocycles. The number of rotatable bonds is 14. The largest absolute Gasteiger partial charge is 0.494 e. The Kier molecular flexibility index (Phi) is 10.4. The Morgan fingerprint density at radius 3 is 2.21 bits per heavy atom. The summed E-state index contributed by atoms with van der Waals surface area (Å²) in [6.07, 6.45) is 5.08. The third-order valence-corrected chi connectivity index (χ3v) is 10.3. The van der Waals surface area contributed by atoms with Crippen LogP contribution in [0.2, 0.25) is 0 Å². The Bertz CT molecular complexity index is 1350. The molecular formula is C38H57N3O6. The molecule has 9 nitrogen and oxygen atoms in total. The summed E-state index contributed by atoms with van der Waals surface area (Å²) >= 11 is 0. The molecule has 0 aliphatic carbocycles. The standard InChI is InChI=1S/C38H57N3O6/c1-12-21-39(26-15-17-27(18-16-26)46-14-3)32(43)29-30-33(44)41(28(23-42)25(4)5)31(38(30)20-19-37(29,11)47-38)34(45)40(22-13-2)36(9,10)24-35(6,7)8/h12-13,15-18,25,28-31,42H,1-2,14,19-24H2,3-11H3/t28-,29+,30-,31?,37-,38?/m0/s1. The van der Waals surface area contributed by atoms with Gasteiger partial charge in [0.1, 0.15) is 17.4 Å². The van der Waals surface area contributed by atoms with Crippen LogP contribution in [0.5, 0.6) is 5.75 Å². The van der Waals surface area contributed by atoms with Crippen molar-refractivity contribution in [2.75, 3.05) is 31.2 Å². The Morgan fingerprint density at radius 1 is 1.09 bits per heavy atom. The highest BCUT2D eigenvalue weighted by Crippen LogP contribution is 2.64. The molecular weight excluding hydrogens is 594 g/mol. The zero-order chi connectivity index (χ0) is 35.1. The number of benzene rings is 1. The minimum absolute atomic E-state index is 0.0798. The van der Waals surface area contributed by atoms with Gasteiger partial charge in [-0.1, -0.05) is 46.8 Å². The highest BCUT2D eigenvalue weighted by Gasteiger charge is 2.79. The highest BCUT2D eigenvalue weighted by atomic mass is 16.5. The first-order chi connectivity index (χ1) is 21.9. The molecule has 1 aromatic carbocycles. The highest BCUT2D eigenvalue weighted by molar-refractivity contribution is 6.03. The summed E-state index contributed by atoms with van der Waals surface area (Å²) in [5, 5.41) is 10.7. The summed E-state index contributed by atoms with van der Waals surface area (Å²) < 4.78 is 12.6. The van der Waals surface area contributed by atoms with Gasteiger partial charge in [0, 0.05) is 24.3 Å². The second-order valence-electron chi connectivity index (χ2n) is 15.9. The van der Waals surface area contributed by atoms with Crippen molar-refractivity contribution < 1.29 is 29.0 Å². The third-order valence-electron chi connectivity index (χ3n) is 10.3. The van der Waals surface area contributed by atoms with Crippen molar-refractivity contribution in [3.05, 3.63) is 49.6 Å². The lowest BCUT2D eigenvalue weighted by Gasteiger charge is -2.47. The van der Waals surface area contributed by atoms with E-state index >= 15 is 4.79 Å². The van der Waals surface area contributed by atoms with Crippen LogP contribution in [0.1, 0.15) is 81.6 Å². The number of amides is 3. The number of hydrogen-bond donors (Lipinski definition) is 1. The Labute approximate surface area is 281 Å². The topological polar surface area (TPSA) is 99.6 Å². The molecule has 3 aliphatic rings. The number of nitrogens with zero attached hydrogens (tertiary/aromatic N) is 3. The maximum absolute atomic E-state index is 15.1. The summed E-state index contributed by atoms with van der Waals surface area (Å²) in [6.45, 7) is 26.8. The van der Waals surface area contributed by atoms with Crippen molar-refractivity contribution in [2.24, 2.45) is 23.2 Å². The van der Waals surface area contributed by atoms with Crippen LogP contribution in [0.4, 0.5) is 5.69 Å². The van der Waals surface area contributed by atoms with Crippen LogP contribution in [0.3, 0.4) is 0 Å². The lowest BCUT2D eigenvalue weighted by Crippen LogP contribution is -2.63. The number of fused-ring (bicyclic) bond motifs is 1. The molecule has 3 aliphatic heterocycles. The molecule has 1 aromatic rings. The molecule has 3 heterocycles. The van der Waals surface area contributed by atoms with E-state index in [0.29, 0.717) is 37.3 Å². The maximum atomic E-state index is 15.1. The van der Waals surface area contributed by atoms with Crippen LogP contribution in [0, 0.1) is 23.2 Å². The van der Waals surface area contributed by atoms with Crippen LogP contribution in [-0.4, -0.2) is 87.8 Å². The summed E-state index contributed by atoms with van der Waals surface area (Å²) in [5.74, 6) is -1.96. The fourth-order valence-electron chi connectivity index (χ4n) is 8.81. The number of anilines is 1. The van der Waals surface area contributed by atoms with Crippen LogP contribution < -0.4 is 9.64 Å². The second kappa shape index (κ2) is 13.4. The van der Waals surface area contributed by atoms with Gasteiger partial charge >= 0.3 is 0 Å². The maximum Gasteiger partial charge on any atom is 0.249 e. The van der Waals surface area contributed by atoms with Crippen LogP contribution in [0.25, 0.3) is 0 Å². The van der Waals surface area contributed by atoms with E-state index in [1.54, 1.807) is 22.0 Å². The third kappa shape index (κ3) is 6.50. The molecule has 0 saturated carbocycles. The average molecular weight is 652 g/mol. The number of carbonyl (C=O) groups excluding carboxylic acids is 3. The lowest BCUT2D eigenvalue weighted by atomic mass is 9.65. The minimum Gasteiger partial charge on any atom is -0.494 e. The number of aliphatic hydroxyl groups is 1. The van der Waals surface area contributed by atoms with Crippen molar-refractivity contribution >= 4 is 23.4 Å². The molecule has 2 unspecified atom stereocenters. The van der Waals surface area contributed by atoms with Gasteiger partial charge in [-0.2, -0.15) is 0 Å². The molecule has 4 rings (SSSR count). The van der Waals surface area contributed by atoms with E-state index in [-0.39, 0.29) is 48.8 Å². The van der Waals surface area contributed by atoms with Crippen molar-refractivity contribution in [3.8, 4) is 5.75 Å². The van der Waals surface area contributed by atoms with E-state index in [1.807, 2.05) is 70.7 Å². The summed E-state index contributed by atoms with van der Waals surface area (Å²) in [7, 11) is 0. The molecule has 1 spiro atoms. The van der Waals surface area contributed by atoms with Gasteiger partial charge in [0.25, 0.3) is 0 Å². The van der Waals surface area contributed by atoms with Crippen molar-refractivity contribution in [3.63, 3.8) is 0 Å². The van der Waals surface area contributed by atoms with Crippen molar-refractivity contribution in [1.82, 2.24) is 9.80 Å². The van der Waals surface area contributed by atoms with Gasteiger partial charge < -0.3 is 29.3 Å². The predicted octanol–water partition coefficient (Wildman–Crippen LogP) is 5.62. The zero-order valence-corrected chi connectivity index (χ0v) is 30.0. The monoisotopic (exact) mass is 651 g/mol. The smallest absolute Gasteiger partial charge is 0.249 e. The van der Waals surface area contributed by atoms with Crippen molar-refractivity contribution in [1.29, 1.82) is 0 Å². The molecule has 6 atom stereocenters. The van der Waals surface area contributed by atoms with Gasteiger partial charge in [0.2, 0.25) is 17.7 Å². The lowest BCUT2D eigenvalue weighted by molar-refractivity contribution is -0.159. The van der Waals surface area contributed by atoms with Gasteiger partial charge in [0.15, 0.2) is 0 Å². The number of carbonyl (C=O) groups is 3. The van der Waals surface area contributed by atoms with Gasteiger partial charge in [-0.05, 0) is 82.6 Å². The number of hydrogen-bond acceptors (Lipinski definition) is 6. The van der Waals surface area contributed by atoms with E-state index < -0.39 is 40.7 Å². The Morgan fingerprint density at radius 2 is 1.70 bits per heavy atom. The molecule has 1 N–H and O–H groups in total. The first kappa shape index (κ1) is 36.7. The van der Waals surface area contributed by atoms with Gasteiger partial charge in [-0.25, -0.2) is 0 Å². The number of aliphatic hydroxyl groups excluding tert-OH is 1. The molecule has 260 valence electrons. The molecule has 3 amide bonds. The van der Waals surface area contributed by atoms with Crippen molar-refractivity contribution in [2.45, 2.75) is 110 Å².